The van der Waals surface area contributed by atoms with E-state index < -0.39 is 3.98 Å². The zero-order valence-electron chi connectivity index (χ0n) is 3.53. The first kappa shape index (κ1) is 8.30. The Balaban J connectivity index is 3.24. The third-order valence-corrected chi connectivity index (χ3v) is 0.454. The van der Waals surface area contributed by atoms with E-state index >= 15 is 0 Å². The number of halogens is 3. The predicted molar refractivity (Wildman–Crippen MR) is 30.6 cm³/mol. The molecule has 0 fully saturated rings. The van der Waals surface area contributed by atoms with Crippen LogP contribution < -0.4 is 5.48 Å². The Morgan fingerprint density at radius 2 is 2.00 bits per heavy atom. The van der Waals surface area contributed by atoms with Gasteiger partial charge < -0.3 is 0 Å². The summed E-state index contributed by atoms with van der Waals surface area (Å²) < 4.78 is -1.87. The fraction of sp³-hybridized carbons (Fsp3) is 0.500. The standard InChI is InChI=1S/C2H2Cl3NO2/c3-2(4,5)8-6-1-7/h1H,(H,6,7). The van der Waals surface area contributed by atoms with Gasteiger partial charge in [0.25, 0.3) is 0 Å². The fourth-order valence-electron chi connectivity index (χ4n) is 0.0909. The van der Waals surface area contributed by atoms with E-state index in [2.05, 4.69) is 4.84 Å². The molecule has 0 unspecified atom stereocenters. The average Bonchev–Trinajstić information content (AvgIpc) is 1.59. The van der Waals surface area contributed by atoms with Gasteiger partial charge in [-0.1, -0.05) is 34.8 Å². The average molecular weight is 178 g/mol. The number of carbonyl (C=O) groups is 1. The summed E-state index contributed by atoms with van der Waals surface area (Å²) in [7, 11) is 0. The summed E-state index contributed by atoms with van der Waals surface area (Å²) in [4.78, 5) is 13.5. The van der Waals surface area contributed by atoms with E-state index in [9.17, 15) is 4.79 Å². The molecule has 0 spiro atoms. The molecule has 0 atom stereocenters. The highest BCUT2D eigenvalue weighted by molar-refractivity contribution is 6.66. The van der Waals surface area contributed by atoms with Gasteiger partial charge in [0.15, 0.2) is 0 Å². The van der Waals surface area contributed by atoms with E-state index in [0.29, 0.717) is 0 Å². The highest BCUT2D eigenvalue weighted by Gasteiger charge is 2.19. The van der Waals surface area contributed by atoms with Crippen LogP contribution in [0.25, 0.3) is 0 Å². The van der Waals surface area contributed by atoms with E-state index in [1.165, 1.54) is 0 Å². The lowest BCUT2D eigenvalue weighted by molar-refractivity contribution is -0.121. The first-order valence-electron chi connectivity index (χ1n) is 1.50. The summed E-state index contributed by atoms with van der Waals surface area (Å²) in [5.74, 6) is 0. The second kappa shape index (κ2) is 3.35. The van der Waals surface area contributed by atoms with E-state index in [4.69, 9.17) is 34.8 Å². The second-order valence-corrected chi connectivity index (χ2v) is 2.96. The lowest BCUT2D eigenvalue weighted by Crippen LogP contribution is -2.21. The zero-order chi connectivity index (χ0) is 6.62. The molecule has 0 bridgehead atoms. The smallest absolute Gasteiger partial charge is 0.277 e. The molecule has 6 heteroatoms. The van der Waals surface area contributed by atoms with Crippen LogP contribution in [0.2, 0.25) is 0 Å². The molecule has 0 aromatic carbocycles. The van der Waals surface area contributed by atoms with Crippen LogP contribution in [0.3, 0.4) is 0 Å². The van der Waals surface area contributed by atoms with Crippen molar-refractivity contribution in [1.29, 1.82) is 0 Å². The molecule has 0 aliphatic heterocycles. The number of hydroxylamine groups is 1. The molecule has 0 radical (unpaired) electrons. The summed E-state index contributed by atoms with van der Waals surface area (Å²) in [5, 5.41) is 0. The largest absolute Gasteiger partial charge is 0.318 e. The molecule has 3 nitrogen and oxygen atoms in total. The van der Waals surface area contributed by atoms with Gasteiger partial charge >= 0.3 is 3.98 Å². The third kappa shape index (κ3) is 6.30. The molecule has 0 rings (SSSR count). The van der Waals surface area contributed by atoms with Crippen molar-refractivity contribution in [3.05, 3.63) is 0 Å². The number of hydrogen-bond donors (Lipinski definition) is 1. The lowest BCUT2D eigenvalue weighted by Gasteiger charge is -2.07. The Bertz CT molecular complexity index is 79.8. The molecule has 8 heavy (non-hydrogen) atoms. The van der Waals surface area contributed by atoms with Crippen molar-refractivity contribution < 1.29 is 9.63 Å². The van der Waals surface area contributed by atoms with Gasteiger partial charge in [-0.2, -0.15) is 0 Å². The monoisotopic (exact) mass is 177 g/mol. The summed E-state index contributed by atoms with van der Waals surface area (Å²) >= 11 is 15.0. The summed E-state index contributed by atoms with van der Waals surface area (Å²) in [6, 6.07) is 0. The SMILES string of the molecule is O=CNOC(Cl)(Cl)Cl. The van der Waals surface area contributed by atoms with Gasteiger partial charge in [-0.15, -0.1) is 0 Å². The van der Waals surface area contributed by atoms with Crippen molar-refractivity contribution in [2.24, 2.45) is 0 Å². The maximum absolute atomic E-state index is 9.44. The number of amides is 1. The van der Waals surface area contributed by atoms with Crippen LogP contribution in [-0.2, 0) is 9.63 Å². The maximum atomic E-state index is 9.44. The van der Waals surface area contributed by atoms with E-state index in [1.54, 1.807) is 5.48 Å². The molecule has 0 aliphatic carbocycles. The summed E-state index contributed by atoms with van der Waals surface area (Å²) in [5.41, 5.74) is 1.71. The number of carbonyl (C=O) groups excluding carboxylic acids is 1. The van der Waals surface area contributed by atoms with Crippen molar-refractivity contribution in [3.8, 4) is 0 Å². The Kier molecular flexibility index (Phi) is 3.48. The van der Waals surface area contributed by atoms with Crippen LogP contribution in [0.5, 0.6) is 0 Å². The molecule has 0 aromatic heterocycles. The van der Waals surface area contributed by atoms with Gasteiger partial charge in [-0.05, 0) is 0 Å². The van der Waals surface area contributed by atoms with Gasteiger partial charge in [0, 0.05) is 0 Å². The number of hydrogen-bond acceptors (Lipinski definition) is 2. The molecule has 0 aromatic rings. The minimum absolute atomic E-state index is 0.252. The number of rotatable bonds is 2. The molecule has 1 amide bonds. The number of nitrogens with one attached hydrogen (secondary N) is 1. The molecular formula is C2H2Cl3NO2. The van der Waals surface area contributed by atoms with Crippen LogP contribution >= 0.6 is 34.8 Å². The molecule has 48 valence electrons. The Hall–Kier alpha value is 0.300. The predicted octanol–water partition coefficient (Wildman–Crippen LogP) is 0.992. The number of alkyl halides is 3. The van der Waals surface area contributed by atoms with Crippen molar-refractivity contribution in [3.63, 3.8) is 0 Å². The van der Waals surface area contributed by atoms with Crippen LogP contribution in [-0.4, -0.2) is 10.4 Å². The van der Waals surface area contributed by atoms with Gasteiger partial charge in [0.05, 0.1) is 0 Å². The van der Waals surface area contributed by atoms with Gasteiger partial charge in [0.1, 0.15) is 0 Å². The van der Waals surface area contributed by atoms with E-state index in [-0.39, 0.29) is 6.41 Å². The fourth-order valence-corrected chi connectivity index (χ4v) is 0.225. The molecular weight excluding hydrogens is 176 g/mol. The molecule has 0 heterocycles. The van der Waals surface area contributed by atoms with Crippen molar-refractivity contribution >= 4 is 41.2 Å². The van der Waals surface area contributed by atoms with Crippen LogP contribution in [0, 0.1) is 0 Å². The minimum Gasteiger partial charge on any atom is -0.277 e. The Morgan fingerprint density at radius 1 is 1.50 bits per heavy atom. The van der Waals surface area contributed by atoms with Crippen LogP contribution in [0.1, 0.15) is 0 Å². The van der Waals surface area contributed by atoms with Gasteiger partial charge in [0.2, 0.25) is 6.41 Å². The topological polar surface area (TPSA) is 38.3 Å². The van der Waals surface area contributed by atoms with E-state index in [1.807, 2.05) is 0 Å². The lowest BCUT2D eigenvalue weighted by atomic mass is 11.4. The molecule has 0 aliphatic rings. The maximum Gasteiger partial charge on any atom is 0.318 e. The van der Waals surface area contributed by atoms with Crippen LogP contribution in [0.15, 0.2) is 0 Å². The first-order valence-corrected chi connectivity index (χ1v) is 2.63. The van der Waals surface area contributed by atoms with Gasteiger partial charge in [-0.3, -0.25) is 4.79 Å². The summed E-state index contributed by atoms with van der Waals surface area (Å²) in [6.45, 7) is 0. The third-order valence-electron chi connectivity index (χ3n) is 0.223. The van der Waals surface area contributed by atoms with Crippen molar-refractivity contribution in [2.75, 3.05) is 0 Å². The zero-order valence-corrected chi connectivity index (χ0v) is 5.80. The first-order chi connectivity index (χ1) is 3.56. The second-order valence-electron chi connectivity index (χ2n) is 0.784. The van der Waals surface area contributed by atoms with Crippen molar-refractivity contribution in [1.82, 2.24) is 5.48 Å². The summed E-state index contributed by atoms with van der Waals surface area (Å²) in [6.07, 6.45) is 0.252. The quantitative estimate of drug-likeness (QED) is 0.389. The minimum atomic E-state index is -1.87. The molecule has 0 saturated carbocycles. The molecule has 0 saturated heterocycles. The Morgan fingerprint density at radius 3 is 2.12 bits per heavy atom. The van der Waals surface area contributed by atoms with Gasteiger partial charge in [-0.25, -0.2) is 10.3 Å². The highest BCUT2D eigenvalue weighted by Crippen LogP contribution is 2.25. The van der Waals surface area contributed by atoms with E-state index in [0.717, 1.165) is 0 Å². The normalized spacial score (nSPS) is 10.9. The van der Waals surface area contributed by atoms with Crippen LogP contribution in [0.4, 0.5) is 0 Å². The Labute approximate surface area is 60.8 Å². The van der Waals surface area contributed by atoms with Crippen molar-refractivity contribution in [2.45, 2.75) is 3.98 Å². The molecule has 1 N–H and O–H groups in total. The highest BCUT2D eigenvalue weighted by atomic mass is 35.6.